The third kappa shape index (κ3) is 3.35. The summed E-state index contributed by atoms with van der Waals surface area (Å²) in [5.74, 6) is 0.445. The maximum atomic E-state index is 14.0. The molecule has 28 heavy (non-hydrogen) atoms. The van der Waals surface area contributed by atoms with Crippen molar-refractivity contribution < 1.29 is 14.3 Å². The highest BCUT2D eigenvalue weighted by atomic mass is 79.9. The summed E-state index contributed by atoms with van der Waals surface area (Å²) in [4.78, 5) is 13.2. The van der Waals surface area contributed by atoms with Gasteiger partial charge in [-0.2, -0.15) is 0 Å². The molecule has 3 rings (SSSR count). The van der Waals surface area contributed by atoms with Crippen molar-refractivity contribution in [2.45, 2.75) is 76.2 Å². The number of carbonyl (C=O) groups excluding carboxylic acids is 1. The van der Waals surface area contributed by atoms with Crippen LogP contribution in [0.25, 0.3) is 0 Å². The highest BCUT2D eigenvalue weighted by molar-refractivity contribution is 9.10. The predicted octanol–water partition coefficient (Wildman–Crippen LogP) is 6.14. The maximum Gasteiger partial charge on any atom is 0.185 e. The van der Waals surface area contributed by atoms with Crippen LogP contribution in [0.5, 0.6) is 0 Å². The van der Waals surface area contributed by atoms with Crippen molar-refractivity contribution in [2.24, 2.45) is 16.7 Å². The van der Waals surface area contributed by atoms with Crippen LogP contribution in [0.1, 0.15) is 51.7 Å². The number of alkyl halides is 1. The van der Waals surface area contributed by atoms with E-state index in [9.17, 15) is 9.90 Å². The Kier molecular flexibility index (Phi) is 5.77. The number of Topliss-reactive ketones (excluding diaryl/α,β-unsaturated/α-hetero) is 1. The number of carbonyl (C=O) groups is 1. The van der Waals surface area contributed by atoms with Crippen molar-refractivity contribution in [1.82, 2.24) is 0 Å². The maximum absolute atomic E-state index is 14.0. The molecule has 0 heterocycles. The van der Waals surface area contributed by atoms with Crippen LogP contribution in [0.3, 0.4) is 0 Å². The fourth-order valence-corrected chi connectivity index (χ4v) is 7.80. The summed E-state index contributed by atoms with van der Waals surface area (Å²) in [5, 5.41) is 11.6. The Bertz CT molecular complexity index is 760. The highest BCUT2D eigenvalue weighted by Gasteiger charge is 2.73. The van der Waals surface area contributed by atoms with Gasteiger partial charge in [0.05, 0.1) is 6.10 Å². The Balaban J connectivity index is 2.00. The fraction of sp³-hybridized carbons (Fsp3) is 0.682. The molecule has 0 saturated heterocycles. The first kappa shape index (κ1) is 22.5. The molecule has 0 radical (unpaired) electrons. The molecule has 0 amide bonds. The lowest BCUT2D eigenvalue weighted by atomic mass is 9.62. The van der Waals surface area contributed by atoms with Crippen molar-refractivity contribution in [3.8, 4) is 0 Å². The van der Waals surface area contributed by atoms with Crippen molar-refractivity contribution in [3.05, 3.63) is 34.9 Å². The van der Waals surface area contributed by atoms with Gasteiger partial charge in [0.2, 0.25) is 0 Å². The second kappa shape index (κ2) is 7.19. The Labute approximate surface area is 183 Å². The summed E-state index contributed by atoms with van der Waals surface area (Å²) in [6.07, 6.45) is 1.92. The van der Waals surface area contributed by atoms with Crippen LogP contribution in [0.4, 0.5) is 0 Å². The van der Waals surface area contributed by atoms with E-state index in [1.165, 1.54) is 0 Å². The molecule has 1 aromatic rings. The van der Waals surface area contributed by atoms with Crippen LogP contribution >= 0.6 is 27.5 Å². The Morgan fingerprint density at radius 1 is 1.25 bits per heavy atom. The SMILES string of the molecule is CC1(C)C2CC[C@@]1(C)C(O[Si](C)(C)C)(C(=O)[C@H](Br)[C@H](O)c1ccc(Cl)cc1)C2. The molecule has 0 aliphatic heterocycles. The van der Waals surface area contributed by atoms with E-state index in [-0.39, 0.29) is 16.6 Å². The number of rotatable bonds is 6. The van der Waals surface area contributed by atoms with E-state index in [4.69, 9.17) is 16.0 Å². The van der Waals surface area contributed by atoms with Crippen molar-refractivity contribution in [1.29, 1.82) is 0 Å². The second-order valence-electron chi connectivity index (χ2n) is 10.3. The topological polar surface area (TPSA) is 46.5 Å². The van der Waals surface area contributed by atoms with Crippen LogP contribution in [-0.2, 0) is 9.22 Å². The zero-order valence-corrected chi connectivity index (χ0v) is 21.0. The van der Waals surface area contributed by atoms with E-state index in [2.05, 4.69) is 56.3 Å². The molecule has 2 aliphatic carbocycles. The monoisotopic (exact) mass is 486 g/mol. The predicted molar refractivity (Wildman–Crippen MR) is 121 cm³/mol. The number of aliphatic hydroxyl groups is 1. The molecule has 6 heteroatoms. The number of ketones is 1. The molecule has 2 fully saturated rings. The summed E-state index contributed by atoms with van der Waals surface area (Å²) >= 11 is 9.53. The first-order valence-electron chi connectivity index (χ1n) is 10.1. The average molecular weight is 488 g/mol. The molecule has 1 aromatic carbocycles. The van der Waals surface area contributed by atoms with E-state index in [0.717, 1.165) is 19.3 Å². The van der Waals surface area contributed by atoms with Gasteiger partial charge in [0, 0.05) is 10.4 Å². The quantitative estimate of drug-likeness (QED) is 0.387. The van der Waals surface area contributed by atoms with E-state index >= 15 is 0 Å². The van der Waals surface area contributed by atoms with Gasteiger partial charge in [-0.15, -0.1) is 0 Å². The van der Waals surface area contributed by atoms with Gasteiger partial charge in [0.15, 0.2) is 14.1 Å². The fourth-order valence-electron chi connectivity index (χ4n) is 5.54. The second-order valence-corrected chi connectivity index (χ2v) is 16.1. The van der Waals surface area contributed by atoms with Gasteiger partial charge in [0.25, 0.3) is 0 Å². The molecule has 3 nitrogen and oxygen atoms in total. The molecule has 1 N–H and O–H groups in total. The smallest absolute Gasteiger partial charge is 0.185 e. The normalized spacial score (nSPS) is 33.7. The van der Waals surface area contributed by atoms with Gasteiger partial charge in [-0.3, -0.25) is 4.79 Å². The lowest BCUT2D eigenvalue weighted by Crippen LogP contribution is -2.61. The third-order valence-corrected chi connectivity index (χ3v) is 9.61. The molecule has 2 saturated carbocycles. The molecule has 2 aliphatic rings. The minimum absolute atomic E-state index is 0.0184. The lowest BCUT2D eigenvalue weighted by Gasteiger charge is -2.51. The van der Waals surface area contributed by atoms with E-state index in [0.29, 0.717) is 16.5 Å². The molecule has 0 spiro atoms. The lowest BCUT2D eigenvalue weighted by molar-refractivity contribution is -0.152. The minimum atomic E-state index is -2.01. The summed E-state index contributed by atoms with van der Waals surface area (Å²) < 4.78 is 6.77. The van der Waals surface area contributed by atoms with Crippen LogP contribution in [0.15, 0.2) is 24.3 Å². The standard InChI is InChI=1S/C22H32BrClO3Si/c1-20(2)15-11-12-21(20,3)22(13-15,27-28(4,5)6)19(26)17(23)18(25)14-7-9-16(24)10-8-14/h7-10,15,17-18,25H,11-13H2,1-6H3/t15?,17-,18-,21-,22?/m1/s1. The van der Waals surface area contributed by atoms with Gasteiger partial charge in [-0.05, 0) is 67.9 Å². The van der Waals surface area contributed by atoms with Crippen LogP contribution in [-0.4, -0.2) is 29.6 Å². The largest absolute Gasteiger partial charge is 0.404 e. The number of hydrogen-bond donors (Lipinski definition) is 1. The average Bonchev–Trinajstić information content (AvgIpc) is 2.91. The Hall–Kier alpha value is -0.203. The Morgan fingerprint density at radius 3 is 2.25 bits per heavy atom. The molecule has 0 aromatic heterocycles. The summed E-state index contributed by atoms with van der Waals surface area (Å²) in [6.45, 7) is 13.2. The number of benzene rings is 1. The van der Waals surface area contributed by atoms with E-state index in [1.54, 1.807) is 24.3 Å². The van der Waals surface area contributed by atoms with Crippen LogP contribution < -0.4 is 0 Å². The van der Waals surface area contributed by atoms with Crippen LogP contribution in [0.2, 0.25) is 24.7 Å². The third-order valence-electron chi connectivity index (χ3n) is 7.48. The van der Waals surface area contributed by atoms with Gasteiger partial charge >= 0.3 is 0 Å². The van der Waals surface area contributed by atoms with Crippen LogP contribution in [0, 0.1) is 16.7 Å². The molecule has 5 atom stereocenters. The summed E-state index contributed by atoms with van der Waals surface area (Å²) in [7, 11) is -2.01. The number of aliphatic hydroxyl groups excluding tert-OH is 1. The number of halogens is 2. The van der Waals surface area contributed by atoms with E-state index in [1.807, 2.05) is 0 Å². The molecular weight excluding hydrogens is 456 g/mol. The summed E-state index contributed by atoms with van der Waals surface area (Å²) in [6, 6.07) is 7.02. The first-order chi connectivity index (χ1) is 12.8. The zero-order valence-electron chi connectivity index (χ0n) is 17.7. The van der Waals surface area contributed by atoms with E-state index < -0.39 is 24.8 Å². The summed E-state index contributed by atoms with van der Waals surface area (Å²) in [5.41, 5.74) is -0.394. The number of hydrogen-bond acceptors (Lipinski definition) is 3. The minimum Gasteiger partial charge on any atom is -0.404 e. The Morgan fingerprint density at radius 2 is 1.82 bits per heavy atom. The van der Waals surface area contributed by atoms with Gasteiger partial charge in [-0.25, -0.2) is 0 Å². The van der Waals surface area contributed by atoms with Gasteiger partial charge in [0.1, 0.15) is 10.4 Å². The van der Waals surface area contributed by atoms with Crippen molar-refractivity contribution >= 4 is 41.6 Å². The van der Waals surface area contributed by atoms with Gasteiger partial charge < -0.3 is 9.53 Å². The molecular formula is C22H32BrClO3Si. The molecule has 2 bridgehead atoms. The molecule has 156 valence electrons. The van der Waals surface area contributed by atoms with Crippen molar-refractivity contribution in [3.63, 3.8) is 0 Å². The molecule has 2 unspecified atom stereocenters. The van der Waals surface area contributed by atoms with Gasteiger partial charge in [-0.1, -0.05) is 60.4 Å². The van der Waals surface area contributed by atoms with Crippen molar-refractivity contribution in [2.75, 3.05) is 0 Å². The first-order valence-corrected chi connectivity index (χ1v) is 14.8. The zero-order chi connectivity index (χ0) is 21.1. The number of fused-ring (bicyclic) bond motifs is 2. The highest BCUT2D eigenvalue weighted by Crippen LogP contribution is 2.71.